The highest BCUT2D eigenvalue weighted by Crippen LogP contribution is 2.40. The Hall–Kier alpha value is -3.32. The van der Waals surface area contributed by atoms with Crippen LogP contribution in [0, 0.1) is 13.8 Å². The zero-order chi connectivity index (χ0) is 24.7. The summed E-state index contributed by atoms with van der Waals surface area (Å²) in [7, 11) is -3.92. The molecule has 178 valence electrons. The molecule has 0 bridgehead atoms. The van der Waals surface area contributed by atoms with E-state index >= 15 is 0 Å². The van der Waals surface area contributed by atoms with Crippen molar-refractivity contribution in [3.05, 3.63) is 83.4 Å². The fraction of sp³-hybridized carbons (Fsp3) is 0.296. The Kier molecular flexibility index (Phi) is 6.16. The lowest BCUT2D eigenvalue weighted by Crippen LogP contribution is -2.49. The molecule has 1 aliphatic heterocycles. The van der Waals surface area contributed by atoms with Crippen LogP contribution in [0.15, 0.2) is 71.6 Å². The van der Waals surface area contributed by atoms with Crippen LogP contribution in [-0.2, 0) is 20.2 Å². The first-order valence-corrected chi connectivity index (χ1v) is 12.7. The Balaban J connectivity index is 1.75. The minimum Gasteiger partial charge on any atom is -0.476 e. The minimum atomic E-state index is -3.92. The predicted octanol–water partition coefficient (Wildman–Crippen LogP) is 5.20. The lowest BCUT2D eigenvalue weighted by molar-refractivity contribution is -0.122. The van der Waals surface area contributed by atoms with Gasteiger partial charge in [0.2, 0.25) is 0 Å². The van der Waals surface area contributed by atoms with Crippen LogP contribution < -0.4 is 14.4 Å². The van der Waals surface area contributed by atoms with Gasteiger partial charge in [-0.15, -0.1) is 0 Å². The topological polar surface area (TPSA) is 75.7 Å². The molecule has 0 saturated heterocycles. The van der Waals surface area contributed by atoms with Gasteiger partial charge in [-0.05, 0) is 66.3 Å². The number of rotatable bonds is 4. The van der Waals surface area contributed by atoms with Crippen molar-refractivity contribution in [2.24, 2.45) is 0 Å². The fourth-order valence-electron chi connectivity index (χ4n) is 3.90. The van der Waals surface area contributed by atoms with Gasteiger partial charge in [0.05, 0.1) is 17.1 Å². The van der Waals surface area contributed by atoms with Crippen LogP contribution in [0.3, 0.4) is 0 Å². The molecule has 1 N–H and O–H groups in total. The molecule has 0 aromatic heterocycles. The number of ether oxygens (including phenoxy) is 1. The summed E-state index contributed by atoms with van der Waals surface area (Å²) in [6.45, 7) is 9.97. The standard InChI is InChI=1S/C27H30N2O4S/c1-18-10-9-13-22(19(18)2)28-26(30)25-17-29(34(31,32)21-11-7-6-8-12-21)23-16-20(27(3,4)5)14-15-24(23)33-25/h6-16,25H,17H2,1-5H3,(H,28,30). The molecule has 0 radical (unpaired) electrons. The number of sulfonamides is 1. The van der Waals surface area contributed by atoms with Crippen LogP contribution in [0.1, 0.15) is 37.5 Å². The second-order valence-electron chi connectivity index (χ2n) is 9.62. The number of carbonyl (C=O) groups is 1. The Morgan fingerprint density at radius 2 is 1.71 bits per heavy atom. The zero-order valence-corrected chi connectivity index (χ0v) is 20.9. The van der Waals surface area contributed by atoms with Gasteiger partial charge in [0.1, 0.15) is 5.75 Å². The number of aryl methyl sites for hydroxylation is 1. The maximum absolute atomic E-state index is 13.7. The molecule has 0 fully saturated rings. The number of amides is 1. The highest BCUT2D eigenvalue weighted by Gasteiger charge is 2.38. The van der Waals surface area contributed by atoms with Gasteiger partial charge in [0.15, 0.2) is 6.10 Å². The summed E-state index contributed by atoms with van der Waals surface area (Å²) in [5.74, 6) is -0.0348. The molecule has 4 rings (SSSR count). The first kappa shape index (κ1) is 23.8. The van der Waals surface area contributed by atoms with Crippen molar-refractivity contribution in [1.82, 2.24) is 0 Å². The number of fused-ring (bicyclic) bond motifs is 1. The number of hydrogen-bond acceptors (Lipinski definition) is 4. The van der Waals surface area contributed by atoms with Gasteiger partial charge < -0.3 is 10.1 Å². The first-order chi connectivity index (χ1) is 16.0. The maximum atomic E-state index is 13.7. The van der Waals surface area contributed by atoms with E-state index in [2.05, 4.69) is 26.1 Å². The average Bonchev–Trinajstić information content (AvgIpc) is 2.80. The molecule has 1 heterocycles. The molecule has 0 spiro atoms. The fourth-order valence-corrected chi connectivity index (χ4v) is 5.39. The van der Waals surface area contributed by atoms with Crippen molar-refractivity contribution < 1.29 is 17.9 Å². The molecular formula is C27H30N2O4S. The van der Waals surface area contributed by atoms with Crippen molar-refractivity contribution in [2.45, 2.75) is 51.0 Å². The molecule has 0 saturated carbocycles. The highest BCUT2D eigenvalue weighted by molar-refractivity contribution is 7.92. The maximum Gasteiger partial charge on any atom is 0.267 e. The van der Waals surface area contributed by atoms with Crippen molar-refractivity contribution in [3.63, 3.8) is 0 Å². The van der Waals surface area contributed by atoms with Gasteiger partial charge in [-0.25, -0.2) is 8.42 Å². The summed E-state index contributed by atoms with van der Waals surface area (Å²) >= 11 is 0. The third-order valence-corrected chi connectivity index (χ3v) is 7.97. The van der Waals surface area contributed by atoms with Crippen LogP contribution in [0.5, 0.6) is 5.75 Å². The summed E-state index contributed by atoms with van der Waals surface area (Å²) in [6, 6.07) is 19.4. The van der Waals surface area contributed by atoms with Crippen LogP contribution in [-0.4, -0.2) is 27.0 Å². The van der Waals surface area contributed by atoms with Crippen LogP contribution in [0.25, 0.3) is 0 Å². The van der Waals surface area contributed by atoms with E-state index in [4.69, 9.17) is 4.74 Å². The van der Waals surface area contributed by atoms with Crippen LogP contribution >= 0.6 is 0 Å². The number of hydrogen-bond donors (Lipinski definition) is 1. The van der Waals surface area contributed by atoms with Gasteiger partial charge in [0, 0.05) is 5.69 Å². The van der Waals surface area contributed by atoms with Gasteiger partial charge in [-0.3, -0.25) is 9.10 Å². The Morgan fingerprint density at radius 1 is 1.00 bits per heavy atom. The van der Waals surface area contributed by atoms with Gasteiger partial charge >= 0.3 is 0 Å². The number of nitrogens with one attached hydrogen (secondary N) is 1. The van der Waals surface area contributed by atoms with E-state index in [1.807, 2.05) is 44.2 Å². The van der Waals surface area contributed by atoms with Crippen molar-refractivity contribution in [3.8, 4) is 5.75 Å². The third-order valence-electron chi connectivity index (χ3n) is 6.18. The van der Waals surface area contributed by atoms with E-state index in [-0.39, 0.29) is 16.9 Å². The monoisotopic (exact) mass is 478 g/mol. The molecule has 3 aromatic carbocycles. The lowest BCUT2D eigenvalue weighted by Gasteiger charge is -2.36. The largest absolute Gasteiger partial charge is 0.476 e. The zero-order valence-electron chi connectivity index (χ0n) is 20.1. The summed E-state index contributed by atoms with van der Waals surface area (Å²) in [4.78, 5) is 13.4. The van der Waals surface area contributed by atoms with E-state index in [1.165, 1.54) is 4.31 Å². The Morgan fingerprint density at radius 3 is 2.38 bits per heavy atom. The van der Waals surface area contributed by atoms with Crippen molar-refractivity contribution in [1.29, 1.82) is 0 Å². The molecule has 34 heavy (non-hydrogen) atoms. The van der Waals surface area contributed by atoms with E-state index < -0.39 is 22.0 Å². The van der Waals surface area contributed by atoms with Gasteiger partial charge in [-0.1, -0.05) is 57.2 Å². The summed E-state index contributed by atoms with van der Waals surface area (Å²) in [5.41, 5.74) is 3.91. The molecule has 1 aliphatic rings. The number of benzene rings is 3. The molecule has 0 aliphatic carbocycles. The molecular weight excluding hydrogens is 448 g/mol. The van der Waals surface area contributed by atoms with Crippen molar-refractivity contribution >= 4 is 27.3 Å². The van der Waals surface area contributed by atoms with Gasteiger partial charge in [-0.2, -0.15) is 0 Å². The summed E-state index contributed by atoms with van der Waals surface area (Å²) in [5, 5.41) is 2.91. The SMILES string of the molecule is Cc1cccc(NC(=O)C2CN(S(=O)(=O)c3ccccc3)c3cc(C(C)(C)C)ccc3O2)c1C. The van der Waals surface area contributed by atoms with E-state index in [0.717, 1.165) is 16.7 Å². The third kappa shape index (κ3) is 4.53. The smallest absolute Gasteiger partial charge is 0.267 e. The molecule has 6 nitrogen and oxygen atoms in total. The summed E-state index contributed by atoms with van der Waals surface area (Å²) in [6.07, 6.45) is -1.01. The molecule has 1 unspecified atom stereocenters. The average molecular weight is 479 g/mol. The first-order valence-electron chi connectivity index (χ1n) is 11.2. The summed E-state index contributed by atoms with van der Waals surface area (Å²) < 4.78 is 34.7. The second kappa shape index (κ2) is 8.80. The predicted molar refractivity (Wildman–Crippen MR) is 135 cm³/mol. The Bertz CT molecular complexity index is 1330. The normalized spacial score (nSPS) is 15.9. The highest BCUT2D eigenvalue weighted by atomic mass is 32.2. The molecule has 3 aromatic rings. The van der Waals surface area contributed by atoms with Crippen LogP contribution in [0.2, 0.25) is 0 Å². The number of nitrogens with zero attached hydrogens (tertiary/aromatic N) is 1. The van der Waals surface area contributed by atoms with E-state index in [1.54, 1.807) is 36.4 Å². The quantitative estimate of drug-likeness (QED) is 0.560. The minimum absolute atomic E-state index is 0.130. The van der Waals surface area contributed by atoms with Crippen molar-refractivity contribution in [2.75, 3.05) is 16.2 Å². The second-order valence-corrected chi connectivity index (χ2v) is 11.5. The number of anilines is 2. The lowest BCUT2D eigenvalue weighted by atomic mass is 9.86. The Labute approximate surface area is 201 Å². The van der Waals surface area contributed by atoms with Crippen LogP contribution in [0.4, 0.5) is 11.4 Å². The molecule has 7 heteroatoms. The van der Waals surface area contributed by atoms with E-state index in [9.17, 15) is 13.2 Å². The van der Waals surface area contributed by atoms with Gasteiger partial charge in [0.25, 0.3) is 15.9 Å². The number of carbonyl (C=O) groups excluding carboxylic acids is 1. The molecule has 1 atom stereocenters. The van der Waals surface area contributed by atoms with E-state index in [0.29, 0.717) is 17.1 Å². The molecule has 1 amide bonds.